The Morgan fingerprint density at radius 1 is 0.939 bits per heavy atom. The van der Waals surface area contributed by atoms with Crippen molar-refractivity contribution in [3.63, 3.8) is 0 Å². The third kappa shape index (κ3) is 6.89. The highest BCUT2D eigenvalue weighted by molar-refractivity contribution is 7.80. The molecule has 0 radical (unpaired) electrons. The van der Waals surface area contributed by atoms with Gasteiger partial charge in [-0.15, -0.1) is 0 Å². The van der Waals surface area contributed by atoms with Gasteiger partial charge in [-0.1, -0.05) is 44.2 Å². The van der Waals surface area contributed by atoms with E-state index in [2.05, 4.69) is 24.5 Å². The van der Waals surface area contributed by atoms with Gasteiger partial charge in [-0.25, -0.2) is 0 Å². The number of hydrogen-bond donors (Lipinski definition) is 2. The number of carbonyl (C=O) groups is 2. The van der Waals surface area contributed by atoms with Crippen molar-refractivity contribution in [1.82, 2.24) is 5.32 Å². The van der Waals surface area contributed by atoms with Crippen molar-refractivity contribution in [2.45, 2.75) is 13.8 Å². The number of nitrogens with zero attached hydrogens (tertiary/aromatic N) is 1. The van der Waals surface area contributed by atoms with Crippen molar-refractivity contribution < 1.29 is 14.3 Å². The van der Waals surface area contributed by atoms with Gasteiger partial charge in [0.15, 0.2) is 5.11 Å². The Kier molecular flexibility index (Phi) is 8.16. The Morgan fingerprint density at radius 3 is 2.36 bits per heavy atom. The van der Waals surface area contributed by atoms with Crippen LogP contribution in [0.5, 0.6) is 5.75 Å². The van der Waals surface area contributed by atoms with Gasteiger partial charge in [-0.2, -0.15) is 0 Å². The summed E-state index contributed by atoms with van der Waals surface area (Å²) in [4.78, 5) is 27.0. The molecule has 0 saturated carbocycles. The largest absolute Gasteiger partial charge is 0.493 e. The van der Waals surface area contributed by atoms with Crippen LogP contribution in [0.4, 0.5) is 11.4 Å². The van der Waals surface area contributed by atoms with E-state index in [0.717, 1.165) is 5.69 Å². The van der Waals surface area contributed by atoms with E-state index in [-0.39, 0.29) is 16.9 Å². The molecule has 7 heteroatoms. The number of benzene rings is 3. The van der Waals surface area contributed by atoms with Crippen molar-refractivity contribution in [2.24, 2.45) is 5.92 Å². The number of amides is 2. The van der Waals surface area contributed by atoms with Gasteiger partial charge in [0, 0.05) is 29.5 Å². The van der Waals surface area contributed by atoms with Crippen LogP contribution in [-0.2, 0) is 0 Å². The van der Waals surface area contributed by atoms with Gasteiger partial charge in [0.1, 0.15) is 5.75 Å². The molecule has 2 amide bonds. The normalized spacial score (nSPS) is 10.4. The summed E-state index contributed by atoms with van der Waals surface area (Å²) in [5.41, 5.74) is 2.33. The molecule has 3 aromatic rings. The second kappa shape index (κ2) is 11.2. The summed E-state index contributed by atoms with van der Waals surface area (Å²) in [5.74, 6) is 0.509. The molecule has 0 bridgehead atoms. The molecule has 0 fully saturated rings. The van der Waals surface area contributed by atoms with Gasteiger partial charge >= 0.3 is 0 Å². The first-order valence-electron chi connectivity index (χ1n) is 10.6. The van der Waals surface area contributed by atoms with Crippen LogP contribution in [0.15, 0.2) is 78.9 Å². The fraction of sp³-hybridized carbons (Fsp3) is 0.192. The highest BCUT2D eigenvalue weighted by Gasteiger charge is 2.14. The molecule has 6 nitrogen and oxygen atoms in total. The predicted molar refractivity (Wildman–Crippen MR) is 136 cm³/mol. The zero-order valence-electron chi connectivity index (χ0n) is 18.9. The summed E-state index contributed by atoms with van der Waals surface area (Å²) in [7, 11) is 1.72. The second-order valence-electron chi connectivity index (χ2n) is 7.92. The Hall–Kier alpha value is -3.71. The van der Waals surface area contributed by atoms with E-state index in [1.165, 1.54) is 0 Å². The van der Waals surface area contributed by atoms with Crippen molar-refractivity contribution in [1.29, 1.82) is 0 Å². The van der Waals surface area contributed by atoms with E-state index in [0.29, 0.717) is 35.1 Å². The quantitative estimate of drug-likeness (QED) is 0.478. The molecule has 170 valence electrons. The smallest absolute Gasteiger partial charge is 0.258 e. The topological polar surface area (TPSA) is 70.7 Å². The molecule has 0 unspecified atom stereocenters. The lowest BCUT2D eigenvalue weighted by molar-refractivity contribution is 0.0973. The minimum Gasteiger partial charge on any atom is -0.493 e. The van der Waals surface area contributed by atoms with E-state index >= 15 is 0 Å². The minimum absolute atomic E-state index is 0.134. The van der Waals surface area contributed by atoms with Crippen molar-refractivity contribution in [3.05, 3.63) is 90.0 Å². The van der Waals surface area contributed by atoms with Crippen LogP contribution in [0.3, 0.4) is 0 Å². The number of ether oxygens (including phenoxy) is 1. The molecule has 0 aliphatic carbocycles. The molecule has 0 heterocycles. The van der Waals surface area contributed by atoms with Crippen LogP contribution in [0.25, 0.3) is 0 Å². The number of anilines is 2. The Balaban J connectivity index is 1.62. The van der Waals surface area contributed by atoms with E-state index in [9.17, 15) is 9.59 Å². The molecule has 0 aliphatic rings. The average molecular weight is 462 g/mol. The first kappa shape index (κ1) is 23.9. The Labute approximate surface area is 199 Å². The van der Waals surface area contributed by atoms with E-state index in [4.69, 9.17) is 17.0 Å². The molecule has 2 N–H and O–H groups in total. The van der Waals surface area contributed by atoms with Gasteiger partial charge in [0.05, 0.1) is 6.61 Å². The number of hydrogen-bond acceptors (Lipinski definition) is 4. The highest BCUT2D eigenvalue weighted by Crippen LogP contribution is 2.18. The van der Waals surface area contributed by atoms with Crippen LogP contribution < -0.4 is 20.3 Å². The van der Waals surface area contributed by atoms with Crippen molar-refractivity contribution in [3.8, 4) is 5.75 Å². The lowest BCUT2D eigenvalue weighted by atomic mass is 10.1. The maximum Gasteiger partial charge on any atom is 0.258 e. The molecule has 33 heavy (non-hydrogen) atoms. The van der Waals surface area contributed by atoms with Crippen molar-refractivity contribution in [2.75, 3.05) is 23.9 Å². The molecule has 0 saturated heterocycles. The molecule has 3 aromatic carbocycles. The van der Waals surface area contributed by atoms with Gasteiger partial charge in [-0.05, 0) is 66.7 Å². The standard InChI is InChI=1S/C26H27N3O3S/c1-18(2)17-32-23-14-8-9-19(16-23)24(30)28-26(33)27-21-11-7-10-20(15-21)25(31)29(3)22-12-5-4-6-13-22/h4-16,18H,17H2,1-3H3,(H2,27,28,30,33). The van der Waals surface area contributed by atoms with Gasteiger partial charge < -0.3 is 15.0 Å². The van der Waals surface area contributed by atoms with Gasteiger partial charge in [0.25, 0.3) is 11.8 Å². The third-order valence-corrected chi connectivity index (χ3v) is 4.93. The lowest BCUT2D eigenvalue weighted by Crippen LogP contribution is -2.34. The maximum atomic E-state index is 12.9. The number of rotatable bonds is 7. The lowest BCUT2D eigenvalue weighted by Gasteiger charge is -2.18. The zero-order valence-corrected chi connectivity index (χ0v) is 19.7. The van der Waals surface area contributed by atoms with Crippen LogP contribution in [0.2, 0.25) is 0 Å². The number of nitrogens with one attached hydrogen (secondary N) is 2. The predicted octanol–water partition coefficient (Wildman–Crippen LogP) is 5.12. The fourth-order valence-corrected chi connectivity index (χ4v) is 3.23. The van der Waals surface area contributed by atoms with Crippen LogP contribution >= 0.6 is 12.2 Å². The molecule has 0 aromatic heterocycles. The molecular formula is C26H27N3O3S. The monoisotopic (exact) mass is 461 g/mol. The van der Waals surface area contributed by atoms with E-state index < -0.39 is 0 Å². The highest BCUT2D eigenvalue weighted by atomic mass is 32.1. The Bertz CT molecular complexity index is 1130. The third-order valence-electron chi connectivity index (χ3n) is 4.72. The van der Waals surface area contributed by atoms with Crippen LogP contribution in [0.1, 0.15) is 34.6 Å². The maximum absolute atomic E-state index is 12.9. The number of para-hydroxylation sites is 1. The SMILES string of the molecule is CC(C)COc1cccc(C(=O)NC(=S)Nc2cccc(C(=O)N(C)c3ccccc3)c2)c1. The van der Waals surface area contributed by atoms with Crippen molar-refractivity contribution >= 4 is 40.5 Å². The van der Waals surface area contributed by atoms with Gasteiger partial charge in [0.2, 0.25) is 0 Å². The summed E-state index contributed by atoms with van der Waals surface area (Å²) >= 11 is 5.30. The number of carbonyl (C=O) groups excluding carboxylic acids is 2. The first-order valence-corrected chi connectivity index (χ1v) is 11.0. The molecule has 0 spiro atoms. The summed E-state index contributed by atoms with van der Waals surface area (Å²) in [6, 6.07) is 23.3. The summed E-state index contributed by atoms with van der Waals surface area (Å²) in [5, 5.41) is 5.77. The molecular weight excluding hydrogens is 434 g/mol. The average Bonchev–Trinajstić information content (AvgIpc) is 2.82. The molecule has 0 atom stereocenters. The van der Waals surface area contributed by atoms with Crippen LogP contribution in [0, 0.1) is 5.92 Å². The van der Waals surface area contributed by atoms with Gasteiger partial charge in [-0.3, -0.25) is 14.9 Å². The summed E-state index contributed by atoms with van der Waals surface area (Å²) in [6.45, 7) is 4.69. The minimum atomic E-state index is -0.349. The second-order valence-corrected chi connectivity index (χ2v) is 8.33. The molecule has 3 rings (SSSR count). The van der Waals surface area contributed by atoms with Crippen LogP contribution in [-0.4, -0.2) is 30.6 Å². The summed E-state index contributed by atoms with van der Waals surface area (Å²) < 4.78 is 5.68. The first-order chi connectivity index (χ1) is 15.8. The molecule has 0 aliphatic heterocycles. The fourth-order valence-electron chi connectivity index (χ4n) is 3.02. The van der Waals surface area contributed by atoms with E-state index in [1.807, 2.05) is 36.4 Å². The summed E-state index contributed by atoms with van der Waals surface area (Å²) in [6.07, 6.45) is 0. The van der Waals surface area contributed by atoms with E-state index in [1.54, 1.807) is 54.4 Å². The Morgan fingerprint density at radius 2 is 1.64 bits per heavy atom. The zero-order chi connectivity index (χ0) is 23.8. The number of thiocarbonyl (C=S) groups is 1.